The molecule has 0 spiro atoms. The molecule has 4 atom stereocenters. The summed E-state index contributed by atoms with van der Waals surface area (Å²) in [5.41, 5.74) is 1.14. The van der Waals surface area contributed by atoms with Gasteiger partial charge < -0.3 is 18.3 Å². The van der Waals surface area contributed by atoms with E-state index >= 15 is 17.6 Å². The number of allylic oxidation sites excluding steroid dienone is 4. The third-order valence-corrected chi connectivity index (χ3v) is 24.3. The number of hydrogen-bond donors (Lipinski definition) is 0. The summed E-state index contributed by atoms with van der Waals surface area (Å²) in [6, 6.07) is 0. The second kappa shape index (κ2) is 17.6. The van der Waals surface area contributed by atoms with Gasteiger partial charge in [0.25, 0.3) is 28.3 Å². The molecule has 0 bridgehead atoms. The van der Waals surface area contributed by atoms with Crippen LogP contribution in [0.3, 0.4) is 0 Å². The molecule has 0 radical (unpaired) electrons. The van der Waals surface area contributed by atoms with Crippen LogP contribution in [0, 0.1) is 0 Å². The zero-order valence-electron chi connectivity index (χ0n) is 32.4. The molecule has 0 saturated carbocycles. The van der Waals surface area contributed by atoms with E-state index in [0.717, 1.165) is 0 Å². The molecule has 0 aromatic rings. The Morgan fingerprint density at radius 2 is 0.900 bits per heavy atom. The first kappa shape index (κ1) is 45.4. The normalized spacial score (nSPS) is 23.8. The Hall–Kier alpha value is -0.736. The largest absolute Gasteiger partial charge is 0.540 e. The predicted octanol–water partition coefficient (Wildman–Crippen LogP) is 12.9. The molecule has 0 heterocycles. The molecular weight excluding hydrogens is 816 g/mol. The monoisotopic (exact) mass is 874 g/mol. The fourth-order valence-corrected chi connectivity index (χ4v) is 20.9. The van der Waals surface area contributed by atoms with Crippen LogP contribution in [0.25, 0.3) is 0 Å². The highest BCUT2D eigenvalue weighted by molar-refractivity contribution is 9.10. The minimum atomic E-state index is -2.71. The lowest BCUT2D eigenvalue weighted by Crippen LogP contribution is -2.50. The van der Waals surface area contributed by atoms with Gasteiger partial charge in [0, 0.05) is 27.1 Å². The van der Waals surface area contributed by atoms with Crippen molar-refractivity contribution in [2.75, 3.05) is 14.2 Å². The van der Waals surface area contributed by atoms with Gasteiger partial charge in [0.05, 0.1) is 9.65 Å². The lowest BCUT2D eigenvalue weighted by Gasteiger charge is -2.45. The molecule has 5 nitrogen and oxygen atoms in total. The van der Waals surface area contributed by atoms with Gasteiger partial charge in [-0.1, -0.05) is 126 Å². The maximum Gasteiger partial charge on any atom is 0.272 e. The Balaban J connectivity index is 2.35. The van der Waals surface area contributed by atoms with Gasteiger partial charge >= 0.3 is 0 Å². The van der Waals surface area contributed by atoms with Crippen molar-refractivity contribution in [3.8, 4) is 0 Å². The molecule has 0 saturated heterocycles. The summed E-state index contributed by atoms with van der Waals surface area (Å²) < 4.78 is 87.9. The van der Waals surface area contributed by atoms with Gasteiger partial charge in [0.15, 0.2) is 29.0 Å². The number of carbonyl (C=O) groups is 1. The number of carbonyl (C=O) groups excluding carboxylic acids is 1. The molecular formula is C37H60Br2F4O5Si2. The molecule has 0 aliphatic heterocycles. The van der Waals surface area contributed by atoms with E-state index in [9.17, 15) is 4.79 Å². The summed E-state index contributed by atoms with van der Waals surface area (Å²) in [6.45, 7) is 24.3. The van der Waals surface area contributed by atoms with Crippen LogP contribution < -0.4 is 0 Å². The fraction of sp³-hybridized carbons (Fsp3) is 0.757. The highest BCUT2D eigenvalue weighted by Crippen LogP contribution is 2.51. The highest BCUT2D eigenvalue weighted by Gasteiger charge is 2.54. The Morgan fingerprint density at radius 1 is 0.640 bits per heavy atom. The molecule has 288 valence electrons. The van der Waals surface area contributed by atoms with Gasteiger partial charge in [0.2, 0.25) is 0 Å². The van der Waals surface area contributed by atoms with Crippen LogP contribution >= 0.6 is 31.9 Å². The van der Waals surface area contributed by atoms with Crippen LogP contribution in [0.1, 0.15) is 109 Å². The van der Waals surface area contributed by atoms with E-state index in [1.165, 1.54) is 26.4 Å². The number of methoxy groups -OCH3 is 2. The van der Waals surface area contributed by atoms with E-state index in [2.05, 4.69) is 31.9 Å². The van der Waals surface area contributed by atoms with Crippen LogP contribution in [0.4, 0.5) is 17.6 Å². The third-order valence-electron chi connectivity index (χ3n) is 10.8. The lowest BCUT2D eigenvalue weighted by molar-refractivity contribution is -0.120. The molecule has 13 heteroatoms. The second-order valence-corrected chi connectivity index (χ2v) is 28.7. The van der Waals surface area contributed by atoms with Crippen molar-refractivity contribution in [2.45, 2.75) is 163 Å². The van der Waals surface area contributed by atoms with Gasteiger partial charge in [0.1, 0.15) is 0 Å². The number of alkyl halides is 4. The summed E-state index contributed by atoms with van der Waals surface area (Å²) in [5, 5.41) is 0. The van der Waals surface area contributed by atoms with Crippen molar-refractivity contribution < 1.29 is 40.7 Å². The third kappa shape index (κ3) is 9.13. The van der Waals surface area contributed by atoms with Crippen LogP contribution in [-0.4, -0.2) is 58.0 Å². The number of rotatable bonds is 18. The molecule has 0 amide bonds. The number of Topliss-reactive ketones (excluding diaryl/α,β-unsaturated/α-hetero) is 1. The van der Waals surface area contributed by atoms with Crippen molar-refractivity contribution in [1.29, 1.82) is 0 Å². The fourth-order valence-electron chi connectivity index (χ4n) is 8.45. The molecule has 0 fully saturated rings. The summed E-state index contributed by atoms with van der Waals surface area (Å²) in [5.74, 6) is -8.02. The van der Waals surface area contributed by atoms with E-state index in [0.29, 0.717) is 11.1 Å². The molecule has 0 aromatic heterocycles. The van der Waals surface area contributed by atoms with Gasteiger partial charge in [-0.25, -0.2) is 17.6 Å². The van der Waals surface area contributed by atoms with Gasteiger partial charge in [-0.3, -0.25) is 4.79 Å². The number of halogens is 6. The minimum Gasteiger partial charge on any atom is -0.540 e. The van der Waals surface area contributed by atoms with Crippen molar-refractivity contribution in [1.82, 2.24) is 0 Å². The van der Waals surface area contributed by atoms with Crippen LogP contribution in [-0.2, 0) is 23.1 Å². The molecule has 0 aromatic carbocycles. The Labute approximate surface area is 317 Å². The topological polar surface area (TPSA) is 54.0 Å². The lowest BCUT2D eigenvalue weighted by atomic mass is 9.91. The Bertz CT molecular complexity index is 1210. The second-order valence-electron chi connectivity index (χ2n) is 15.8. The molecule has 2 rings (SSSR count). The average molecular weight is 877 g/mol. The van der Waals surface area contributed by atoms with Crippen LogP contribution in [0.15, 0.2) is 46.5 Å². The summed E-state index contributed by atoms with van der Waals surface area (Å²) >= 11 is 6.82. The molecule has 4 unspecified atom stereocenters. The minimum absolute atomic E-state index is 0.0134. The van der Waals surface area contributed by atoms with E-state index in [1.54, 1.807) is 0 Å². The summed E-state index contributed by atoms with van der Waals surface area (Å²) in [6.07, 6.45) is 1.80. The smallest absolute Gasteiger partial charge is 0.272 e. The molecule has 50 heavy (non-hydrogen) atoms. The van der Waals surface area contributed by atoms with Crippen LogP contribution in [0.2, 0.25) is 33.2 Å². The van der Waals surface area contributed by atoms with E-state index in [1.807, 2.05) is 83.1 Å². The molecule has 0 N–H and O–H groups in total. The van der Waals surface area contributed by atoms with E-state index in [4.69, 9.17) is 18.3 Å². The van der Waals surface area contributed by atoms with Crippen molar-refractivity contribution >= 4 is 54.3 Å². The SMILES string of the molecule is COC1(F)CC(CC(Br)C(=O)C(Br)CC2=CC(F)=C(O[Si](C(C)C)(C(C)C)C(C)C)C(F)(OC)C2)=CC(F)=C1O[Si](C(C)C)(C(C)C)C(C)C. The van der Waals surface area contributed by atoms with Gasteiger partial charge in [-0.05, 0) is 58.2 Å². The first-order chi connectivity index (χ1) is 22.9. The van der Waals surface area contributed by atoms with E-state index in [-0.39, 0.29) is 64.7 Å². The quantitative estimate of drug-likeness (QED) is 0.0780. The maximum atomic E-state index is 16.4. The van der Waals surface area contributed by atoms with Crippen molar-refractivity contribution in [3.05, 3.63) is 46.5 Å². The van der Waals surface area contributed by atoms with Crippen LogP contribution in [0.5, 0.6) is 0 Å². The Morgan fingerprint density at radius 3 is 1.12 bits per heavy atom. The molecule has 2 aliphatic carbocycles. The zero-order chi connectivity index (χ0) is 38.7. The van der Waals surface area contributed by atoms with E-state index < -0.39 is 61.2 Å². The number of ketones is 1. The first-order valence-corrected chi connectivity index (χ1v) is 23.9. The van der Waals surface area contributed by atoms with Gasteiger partial charge in [-0.2, -0.15) is 0 Å². The van der Waals surface area contributed by atoms with Crippen molar-refractivity contribution in [2.24, 2.45) is 0 Å². The van der Waals surface area contributed by atoms with Crippen molar-refractivity contribution in [3.63, 3.8) is 0 Å². The predicted molar refractivity (Wildman–Crippen MR) is 207 cm³/mol. The zero-order valence-corrected chi connectivity index (χ0v) is 37.6. The summed E-state index contributed by atoms with van der Waals surface area (Å²) in [4.78, 5) is 11.8. The number of hydrogen-bond acceptors (Lipinski definition) is 5. The summed E-state index contributed by atoms with van der Waals surface area (Å²) in [7, 11) is -3.07. The standard InChI is InChI=1S/C37H60Br2F4O5Si2/c1-21(2)49(22(3)4,23(5)6)47-34-31(40)17-27(19-36(34,42)45-13)15-29(38)33(44)30(39)16-28-18-32(41)35(37(43,20-28)46-14)48-50(24(7)8,25(9)10)26(11)12/h17-18,21-26,29-30H,15-16,19-20H2,1-14H3. The van der Waals surface area contributed by atoms with Gasteiger partial charge in [-0.15, -0.1) is 0 Å². The highest BCUT2D eigenvalue weighted by atomic mass is 79.9. The first-order valence-electron chi connectivity index (χ1n) is 17.8. The Kier molecular flexibility index (Phi) is 16.0. The maximum absolute atomic E-state index is 16.4. The number of ether oxygens (including phenoxy) is 2. The molecule has 2 aliphatic rings. The average Bonchev–Trinajstić information content (AvgIpc) is 2.98.